The van der Waals surface area contributed by atoms with Gasteiger partial charge in [0.15, 0.2) is 5.13 Å². The first kappa shape index (κ1) is 18.6. The van der Waals surface area contributed by atoms with E-state index in [1.807, 2.05) is 5.38 Å². The molecule has 2 unspecified atom stereocenters. The van der Waals surface area contributed by atoms with E-state index in [1.165, 1.54) is 37.5 Å². The van der Waals surface area contributed by atoms with Crippen molar-refractivity contribution >= 4 is 47.2 Å². The number of thiazole rings is 1. The summed E-state index contributed by atoms with van der Waals surface area (Å²) in [5, 5.41) is 9.17. The van der Waals surface area contributed by atoms with Crippen molar-refractivity contribution < 1.29 is 4.79 Å². The fraction of sp³-hybridized carbons (Fsp3) is 0.692. The second-order valence-electron chi connectivity index (χ2n) is 5.49. The molecule has 1 amide bonds. The largest absolute Gasteiger partial charge is 0.310 e. The maximum Gasteiger partial charge on any atom is 0.223 e. The minimum Gasteiger partial charge on any atom is -0.310 e. The average molecular weight is 353 g/mol. The number of rotatable bonds is 3. The number of carbonyl (C=O) groups is 1. The first-order valence-corrected chi connectivity index (χ1v) is 7.77. The molecular formula is C13H22Cl2N4OS. The predicted octanol–water partition coefficient (Wildman–Crippen LogP) is 2.27. The summed E-state index contributed by atoms with van der Waals surface area (Å²) in [6.07, 6.45) is 3.87. The Morgan fingerprint density at radius 2 is 2.19 bits per heavy atom. The second kappa shape index (κ2) is 8.29. The van der Waals surface area contributed by atoms with Crippen LogP contribution in [-0.2, 0) is 11.3 Å². The first-order valence-electron chi connectivity index (χ1n) is 6.89. The molecular weight excluding hydrogens is 331 g/mol. The summed E-state index contributed by atoms with van der Waals surface area (Å²) < 4.78 is 0. The van der Waals surface area contributed by atoms with Gasteiger partial charge in [0, 0.05) is 44.0 Å². The number of nitrogens with zero attached hydrogens (tertiary/aromatic N) is 2. The first-order chi connectivity index (χ1) is 9.19. The van der Waals surface area contributed by atoms with E-state index in [0.29, 0.717) is 11.2 Å². The summed E-state index contributed by atoms with van der Waals surface area (Å²) in [7, 11) is 0. The zero-order valence-corrected chi connectivity index (χ0v) is 14.5. The third-order valence-corrected chi connectivity index (χ3v) is 4.63. The summed E-state index contributed by atoms with van der Waals surface area (Å²) in [6.45, 7) is 4.66. The number of hydrogen-bond acceptors (Lipinski definition) is 5. The van der Waals surface area contributed by atoms with Crippen molar-refractivity contribution in [2.24, 2.45) is 0 Å². The number of hydrogen-bond donors (Lipinski definition) is 2. The number of amides is 1. The standard InChI is InChI=1S/C13H20N4OS.2ClH/c1-9(18)14-13-16-12(8-19-13)7-17-5-4-10-2-3-11(6-17)15-10;;/h8,10-11,15H,2-7H2,1H3,(H,14,16,18);2*1H. The highest BCUT2D eigenvalue weighted by Crippen LogP contribution is 2.22. The summed E-state index contributed by atoms with van der Waals surface area (Å²) in [5.74, 6) is -0.0582. The van der Waals surface area contributed by atoms with Gasteiger partial charge in [-0.1, -0.05) is 0 Å². The van der Waals surface area contributed by atoms with Crippen molar-refractivity contribution in [3.63, 3.8) is 0 Å². The van der Waals surface area contributed by atoms with Gasteiger partial charge in [-0.05, 0) is 19.3 Å². The fourth-order valence-corrected chi connectivity index (χ4v) is 3.72. The normalized spacial score (nSPS) is 24.6. The van der Waals surface area contributed by atoms with E-state index in [0.717, 1.165) is 31.4 Å². The van der Waals surface area contributed by atoms with Crippen LogP contribution >= 0.6 is 36.2 Å². The highest BCUT2D eigenvalue weighted by Gasteiger charge is 2.29. The smallest absolute Gasteiger partial charge is 0.223 e. The van der Waals surface area contributed by atoms with Crippen LogP contribution in [0.2, 0.25) is 0 Å². The van der Waals surface area contributed by atoms with Gasteiger partial charge in [0.2, 0.25) is 5.91 Å². The lowest BCUT2D eigenvalue weighted by molar-refractivity contribution is -0.114. The Labute approximate surface area is 141 Å². The molecule has 0 saturated carbocycles. The van der Waals surface area contributed by atoms with Gasteiger partial charge >= 0.3 is 0 Å². The lowest BCUT2D eigenvalue weighted by Gasteiger charge is -2.22. The van der Waals surface area contributed by atoms with E-state index in [9.17, 15) is 4.79 Å². The zero-order valence-electron chi connectivity index (χ0n) is 12.0. The van der Waals surface area contributed by atoms with E-state index in [4.69, 9.17) is 0 Å². The van der Waals surface area contributed by atoms with Crippen molar-refractivity contribution in [3.05, 3.63) is 11.1 Å². The number of aromatic nitrogens is 1. The van der Waals surface area contributed by atoms with Gasteiger partial charge in [-0.25, -0.2) is 4.98 Å². The average Bonchev–Trinajstić information content (AvgIpc) is 2.88. The van der Waals surface area contributed by atoms with E-state index < -0.39 is 0 Å². The van der Waals surface area contributed by atoms with Gasteiger partial charge in [-0.2, -0.15) is 0 Å². The highest BCUT2D eigenvalue weighted by atomic mass is 35.5. The van der Waals surface area contributed by atoms with Crippen LogP contribution in [0.25, 0.3) is 0 Å². The Bertz CT molecular complexity index is 471. The van der Waals surface area contributed by atoms with Crippen LogP contribution in [0.5, 0.6) is 0 Å². The maximum atomic E-state index is 11.0. The summed E-state index contributed by atoms with van der Waals surface area (Å²) in [5.41, 5.74) is 1.06. The SMILES string of the molecule is CC(=O)Nc1nc(CN2CCC3CCC(C2)N3)cs1.Cl.Cl. The molecule has 2 atom stereocenters. The predicted molar refractivity (Wildman–Crippen MR) is 90.8 cm³/mol. The summed E-state index contributed by atoms with van der Waals surface area (Å²) in [6, 6.07) is 1.38. The van der Waals surface area contributed by atoms with Crippen LogP contribution in [0, 0.1) is 0 Å². The van der Waals surface area contributed by atoms with Gasteiger partial charge in [0.25, 0.3) is 0 Å². The number of nitrogens with one attached hydrogen (secondary N) is 2. The molecule has 2 bridgehead atoms. The molecule has 120 valence electrons. The minimum absolute atomic E-state index is 0. The molecule has 21 heavy (non-hydrogen) atoms. The third kappa shape index (κ3) is 5.07. The van der Waals surface area contributed by atoms with Crippen molar-refractivity contribution in [1.29, 1.82) is 0 Å². The summed E-state index contributed by atoms with van der Waals surface area (Å²) >= 11 is 1.50. The van der Waals surface area contributed by atoms with E-state index in [1.54, 1.807) is 0 Å². The molecule has 1 aromatic rings. The number of halogens is 2. The number of carbonyl (C=O) groups excluding carboxylic acids is 1. The van der Waals surface area contributed by atoms with Gasteiger partial charge in [-0.3, -0.25) is 9.69 Å². The highest BCUT2D eigenvalue weighted by molar-refractivity contribution is 7.13. The second-order valence-corrected chi connectivity index (χ2v) is 6.34. The van der Waals surface area contributed by atoms with Crippen LogP contribution in [0.4, 0.5) is 5.13 Å². The Hall–Kier alpha value is -0.400. The summed E-state index contributed by atoms with van der Waals surface area (Å²) in [4.78, 5) is 17.9. The van der Waals surface area contributed by atoms with Crippen LogP contribution in [0.15, 0.2) is 5.38 Å². The zero-order chi connectivity index (χ0) is 13.2. The molecule has 8 heteroatoms. The topological polar surface area (TPSA) is 57.3 Å². The maximum absolute atomic E-state index is 11.0. The number of fused-ring (bicyclic) bond motifs is 2. The molecule has 0 spiro atoms. The Morgan fingerprint density at radius 1 is 1.43 bits per heavy atom. The minimum atomic E-state index is -0.0582. The van der Waals surface area contributed by atoms with Crippen LogP contribution in [0.1, 0.15) is 31.9 Å². The van der Waals surface area contributed by atoms with E-state index in [2.05, 4.69) is 20.5 Å². The van der Waals surface area contributed by atoms with Gasteiger partial charge in [0.1, 0.15) is 0 Å². The van der Waals surface area contributed by atoms with E-state index >= 15 is 0 Å². The molecule has 2 N–H and O–H groups in total. The lowest BCUT2D eigenvalue weighted by Crippen LogP contribution is -2.35. The molecule has 3 heterocycles. The molecule has 2 aliphatic heterocycles. The van der Waals surface area contributed by atoms with Gasteiger partial charge < -0.3 is 10.6 Å². The molecule has 3 rings (SSSR count). The molecule has 5 nitrogen and oxygen atoms in total. The number of likely N-dealkylation sites (tertiary alicyclic amines) is 1. The lowest BCUT2D eigenvalue weighted by atomic mass is 10.1. The third-order valence-electron chi connectivity index (χ3n) is 3.83. The molecule has 2 aliphatic rings. The molecule has 0 aromatic carbocycles. The Morgan fingerprint density at radius 3 is 2.95 bits per heavy atom. The van der Waals surface area contributed by atoms with Gasteiger partial charge in [-0.15, -0.1) is 36.2 Å². The van der Waals surface area contributed by atoms with Crippen molar-refractivity contribution in [3.8, 4) is 0 Å². The molecule has 0 radical (unpaired) electrons. The fourth-order valence-electron chi connectivity index (χ4n) is 2.98. The van der Waals surface area contributed by atoms with Gasteiger partial charge in [0.05, 0.1) is 5.69 Å². The van der Waals surface area contributed by atoms with E-state index in [-0.39, 0.29) is 30.7 Å². The molecule has 0 aliphatic carbocycles. The van der Waals surface area contributed by atoms with Crippen LogP contribution in [-0.4, -0.2) is 41.0 Å². The Kier molecular flexibility index (Phi) is 7.36. The molecule has 1 aromatic heterocycles. The van der Waals surface area contributed by atoms with Crippen molar-refractivity contribution in [1.82, 2.24) is 15.2 Å². The van der Waals surface area contributed by atoms with Crippen LogP contribution in [0.3, 0.4) is 0 Å². The van der Waals surface area contributed by atoms with Crippen LogP contribution < -0.4 is 10.6 Å². The Balaban J connectivity index is 0.00000110. The molecule has 2 saturated heterocycles. The quantitative estimate of drug-likeness (QED) is 0.875. The van der Waals surface area contributed by atoms with Crippen molar-refractivity contribution in [2.75, 3.05) is 18.4 Å². The molecule has 2 fully saturated rings. The monoisotopic (exact) mass is 352 g/mol. The number of anilines is 1. The van der Waals surface area contributed by atoms with Crippen molar-refractivity contribution in [2.45, 2.75) is 44.8 Å².